The summed E-state index contributed by atoms with van der Waals surface area (Å²) in [6, 6.07) is 2.55. The molecule has 4 nitrogen and oxygen atoms in total. The van der Waals surface area contributed by atoms with Gasteiger partial charge in [0, 0.05) is 24.8 Å². The molecule has 1 saturated carbocycles. The monoisotopic (exact) mass is 247 g/mol. The number of fused-ring (bicyclic) bond motifs is 2. The van der Waals surface area contributed by atoms with Crippen LogP contribution in [0.1, 0.15) is 49.6 Å². The zero-order valence-electron chi connectivity index (χ0n) is 11.1. The fourth-order valence-corrected chi connectivity index (χ4v) is 3.42. The molecule has 0 aromatic carbocycles. The number of carbonyl (C=O) groups is 1. The number of likely N-dealkylation sites (tertiary alicyclic amines) is 1. The molecule has 1 saturated heterocycles. The highest BCUT2D eigenvalue weighted by Crippen LogP contribution is 2.38. The predicted molar refractivity (Wildman–Crippen MR) is 71.4 cm³/mol. The van der Waals surface area contributed by atoms with Crippen molar-refractivity contribution in [2.24, 2.45) is 5.92 Å². The van der Waals surface area contributed by atoms with Gasteiger partial charge in [-0.1, -0.05) is 0 Å². The van der Waals surface area contributed by atoms with Crippen LogP contribution < -0.4 is 5.73 Å². The zero-order valence-corrected chi connectivity index (χ0v) is 11.1. The van der Waals surface area contributed by atoms with Gasteiger partial charge in [0.2, 0.25) is 0 Å². The number of hydrogen-bond acceptors (Lipinski definition) is 2. The minimum atomic E-state index is 0.160. The average Bonchev–Trinajstić information content (AvgIpc) is 3.01. The Labute approximate surface area is 108 Å². The maximum atomic E-state index is 12.6. The molecule has 2 bridgehead atoms. The van der Waals surface area contributed by atoms with Gasteiger partial charge in [0.15, 0.2) is 0 Å². The van der Waals surface area contributed by atoms with Crippen LogP contribution in [0.3, 0.4) is 0 Å². The van der Waals surface area contributed by atoms with Crippen LogP contribution in [0.4, 0.5) is 5.69 Å². The molecule has 2 fully saturated rings. The summed E-state index contributed by atoms with van der Waals surface area (Å²) in [7, 11) is 0. The van der Waals surface area contributed by atoms with Crippen molar-refractivity contribution >= 4 is 11.6 Å². The van der Waals surface area contributed by atoms with Crippen LogP contribution in [0.15, 0.2) is 12.3 Å². The van der Waals surface area contributed by atoms with Crippen LogP contribution in [0.5, 0.6) is 0 Å². The molecule has 2 heterocycles. The van der Waals surface area contributed by atoms with Crippen LogP contribution in [0.2, 0.25) is 0 Å². The molecule has 0 spiro atoms. The molecule has 0 radical (unpaired) electrons. The van der Waals surface area contributed by atoms with Crippen molar-refractivity contribution in [1.82, 2.24) is 9.47 Å². The SMILES string of the molecule is CC(C)n1cc(N)cc1C(=O)N1CC2CCC1C2. The molecule has 1 aromatic rings. The normalized spacial score (nSPS) is 26.3. The van der Waals surface area contributed by atoms with Crippen LogP contribution in [-0.4, -0.2) is 28.0 Å². The van der Waals surface area contributed by atoms with E-state index in [1.165, 1.54) is 19.3 Å². The first-order valence-electron chi connectivity index (χ1n) is 6.84. The highest BCUT2D eigenvalue weighted by Gasteiger charge is 2.41. The summed E-state index contributed by atoms with van der Waals surface area (Å²) >= 11 is 0. The summed E-state index contributed by atoms with van der Waals surface area (Å²) in [4.78, 5) is 14.7. The van der Waals surface area contributed by atoms with Crippen LogP contribution in [-0.2, 0) is 0 Å². The second-order valence-electron chi connectivity index (χ2n) is 5.95. The van der Waals surface area contributed by atoms with Crippen LogP contribution >= 0.6 is 0 Å². The molecule has 3 rings (SSSR count). The summed E-state index contributed by atoms with van der Waals surface area (Å²) in [6.45, 7) is 5.09. The van der Waals surface area contributed by atoms with Crippen LogP contribution in [0.25, 0.3) is 0 Å². The lowest BCUT2D eigenvalue weighted by atomic mass is 10.1. The summed E-state index contributed by atoms with van der Waals surface area (Å²) < 4.78 is 1.99. The topological polar surface area (TPSA) is 51.3 Å². The average molecular weight is 247 g/mol. The van der Waals surface area contributed by atoms with E-state index in [1.807, 2.05) is 16.8 Å². The molecular weight excluding hydrogens is 226 g/mol. The van der Waals surface area contributed by atoms with Crippen molar-refractivity contribution in [1.29, 1.82) is 0 Å². The van der Waals surface area contributed by atoms with E-state index in [1.54, 1.807) is 0 Å². The van der Waals surface area contributed by atoms with Gasteiger partial charge >= 0.3 is 0 Å². The van der Waals surface area contributed by atoms with Crippen molar-refractivity contribution in [3.8, 4) is 0 Å². The highest BCUT2D eigenvalue weighted by molar-refractivity contribution is 5.94. The lowest BCUT2D eigenvalue weighted by molar-refractivity contribution is 0.0691. The number of rotatable bonds is 2. The van der Waals surface area contributed by atoms with Crippen LogP contribution in [0, 0.1) is 5.92 Å². The largest absolute Gasteiger partial charge is 0.397 e. The van der Waals surface area contributed by atoms with E-state index < -0.39 is 0 Å². The standard InChI is InChI=1S/C14H21N3O/c1-9(2)16-8-11(15)6-13(16)14(18)17-7-10-3-4-12(17)5-10/h6,8-10,12H,3-5,7,15H2,1-2H3. The number of nitrogens with two attached hydrogens (primary N) is 1. The molecule has 2 atom stereocenters. The number of piperidine rings is 1. The number of aromatic nitrogens is 1. The first-order valence-corrected chi connectivity index (χ1v) is 6.84. The third kappa shape index (κ3) is 1.71. The van der Waals surface area contributed by atoms with Crippen molar-refractivity contribution in [3.63, 3.8) is 0 Å². The fraction of sp³-hybridized carbons (Fsp3) is 0.643. The Morgan fingerprint density at radius 3 is 2.78 bits per heavy atom. The third-order valence-corrected chi connectivity index (χ3v) is 4.32. The number of hydrogen-bond donors (Lipinski definition) is 1. The molecule has 2 N–H and O–H groups in total. The van der Waals surface area contributed by atoms with Gasteiger partial charge in [-0.15, -0.1) is 0 Å². The first kappa shape index (κ1) is 11.6. The fourth-order valence-electron chi connectivity index (χ4n) is 3.42. The predicted octanol–water partition coefficient (Wildman–Crippen LogP) is 2.28. The molecule has 98 valence electrons. The molecule has 2 aliphatic rings. The summed E-state index contributed by atoms with van der Waals surface area (Å²) in [6.07, 6.45) is 5.53. The molecule has 18 heavy (non-hydrogen) atoms. The summed E-state index contributed by atoms with van der Waals surface area (Å²) in [5, 5.41) is 0. The van der Waals surface area contributed by atoms with Gasteiger partial charge in [0.25, 0.3) is 5.91 Å². The second-order valence-corrected chi connectivity index (χ2v) is 5.95. The smallest absolute Gasteiger partial charge is 0.270 e. The van der Waals surface area contributed by atoms with E-state index >= 15 is 0 Å². The molecule has 1 aromatic heterocycles. The Kier molecular flexibility index (Phi) is 2.61. The van der Waals surface area contributed by atoms with Crippen molar-refractivity contribution in [2.75, 3.05) is 12.3 Å². The van der Waals surface area contributed by atoms with Gasteiger partial charge in [-0.25, -0.2) is 0 Å². The number of amides is 1. The quantitative estimate of drug-likeness (QED) is 0.871. The van der Waals surface area contributed by atoms with Gasteiger partial charge < -0.3 is 15.2 Å². The van der Waals surface area contributed by atoms with E-state index in [0.717, 1.165) is 18.2 Å². The molecule has 4 heteroatoms. The molecule has 1 aliphatic heterocycles. The number of carbonyl (C=O) groups excluding carboxylic acids is 1. The number of anilines is 1. The van der Waals surface area contributed by atoms with Gasteiger partial charge in [-0.2, -0.15) is 0 Å². The lowest BCUT2D eigenvalue weighted by Crippen LogP contribution is -2.38. The van der Waals surface area contributed by atoms with E-state index in [-0.39, 0.29) is 11.9 Å². The summed E-state index contributed by atoms with van der Waals surface area (Å²) in [5.74, 6) is 0.895. The Morgan fingerprint density at radius 1 is 1.44 bits per heavy atom. The minimum Gasteiger partial charge on any atom is -0.397 e. The summed E-state index contributed by atoms with van der Waals surface area (Å²) in [5.41, 5.74) is 7.26. The Hall–Kier alpha value is -1.45. The van der Waals surface area contributed by atoms with E-state index in [4.69, 9.17) is 5.73 Å². The lowest BCUT2D eigenvalue weighted by Gasteiger charge is -2.27. The number of nitrogens with zero attached hydrogens (tertiary/aromatic N) is 2. The van der Waals surface area contributed by atoms with Crippen molar-refractivity contribution < 1.29 is 4.79 Å². The molecule has 1 aliphatic carbocycles. The van der Waals surface area contributed by atoms with E-state index in [0.29, 0.717) is 11.7 Å². The zero-order chi connectivity index (χ0) is 12.9. The first-order chi connectivity index (χ1) is 8.56. The Morgan fingerprint density at radius 2 is 2.22 bits per heavy atom. The third-order valence-electron chi connectivity index (χ3n) is 4.32. The molecular formula is C14H21N3O. The van der Waals surface area contributed by atoms with Crippen molar-refractivity contribution in [3.05, 3.63) is 18.0 Å². The van der Waals surface area contributed by atoms with Gasteiger partial charge in [0.05, 0.1) is 5.69 Å². The van der Waals surface area contributed by atoms with Gasteiger partial charge in [-0.3, -0.25) is 4.79 Å². The maximum absolute atomic E-state index is 12.6. The van der Waals surface area contributed by atoms with Crippen molar-refractivity contribution in [2.45, 2.75) is 45.2 Å². The van der Waals surface area contributed by atoms with Gasteiger partial charge in [0.1, 0.15) is 5.69 Å². The second kappa shape index (κ2) is 4.04. The highest BCUT2D eigenvalue weighted by atomic mass is 16.2. The molecule has 2 unspecified atom stereocenters. The Bertz CT molecular complexity index is 477. The number of nitrogen functional groups attached to an aromatic ring is 1. The van der Waals surface area contributed by atoms with E-state index in [2.05, 4.69) is 18.7 Å². The Balaban J connectivity index is 1.88. The maximum Gasteiger partial charge on any atom is 0.270 e. The van der Waals surface area contributed by atoms with E-state index in [9.17, 15) is 4.79 Å². The van der Waals surface area contributed by atoms with Gasteiger partial charge in [-0.05, 0) is 45.1 Å². The minimum absolute atomic E-state index is 0.160. The molecule has 1 amide bonds.